The molecule has 1 aliphatic heterocycles. The highest BCUT2D eigenvalue weighted by Crippen LogP contribution is 2.29. The molecule has 0 spiro atoms. The molecule has 1 saturated heterocycles. The molecule has 1 atom stereocenters. The fourth-order valence-corrected chi connectivity index (χ4v) is 5.09. The van der Waals surface area contributed by atoms with E-state index in [0.29, 0.717) is 18.3 Å². The van der Waals surface area contributed by atoms with Gasteiger partial charge in [-0.1, -0.05) is 11.6 Å². The first kappa shape index (κ1) is 21.3. The quantitative estimate of drug-likeness (QED) is 0.418. The van der Waals surface area contributed by atoms with Crippen LogP contribution in [-0.4, -0.2) is 45.6 Å². The summed E-state index contributed by atoms with van der Waals surface area (Å²) in [6.45, 7) is 3.62. The van der Waals surface area contributed by atoms with Crippen LogP contribution >= 0.6 is 22.9 Å². The monoisotopic (exact) mass is 447 g/mol. The SMILES string of the molecule is O=S(=O)(Nc1nccs1)c1cc(Cl)c(NCCCCNC2CCNC2)cc1F. The molecule has 0 aliphatic carbocycles. The van der Waals surface area contributed by atoms with E-state index in [4.69, 9.17) is 11.6 Å². The van der Waals surface area contributed by atoms with Crippen LogP contribution in [0.4, 0.5) is 15.2 Å². The second-order valence-electron chi connectivity index (χ2n) is 6.48. The molecule has 1 aliphatic rings. The van der Waals surface area contributed by atoms with Crippen LogP contribution in [-0.2, 0) is 10.0 Å². The molecule has 0 amide bonds. The van der Waals surface area contributed by atoms with Gasteiger partial charge in [0.05, 0.1) is 10.7 Å². The van der Waals surface area contributed by atoms with Crippen molar-refractivity contribution in [2.75, 3.05) is 36.2 Å². The number of thiazole rings is 1. The van der Waals surface area contributed by atoms with Crippen LogP contribution in [0.3, 0.4) is 0 Å². The van der Waals surface area contributed by atoms with Gasteiger partial charge in [-0.3, -0.25) is 4.72 Å². The third-order valence-electron chi connectivity index (χ3n) is 4.38. The Kier molecular flexibility index (Phi) is 7.47. The smallest absolute Gasteiger partial charge is 0.266 e. The van der Waals surface area contributed by atoms with Crippen molar-refractivity contribution in [3.8, 4) is 0 Å². The molecule has 0 radical (unpaired) electrons. The number of sulfonamides is 1. The molecule has 2 heterocycles. The highest BCUT2D eigenvalue weighted by atomic mass is 35.5. The first-order chi connectivity index (χ1) is 13.5. The van der Waals surface area contributed by atoms with E-state index in [0.717, 1.165) is 62.4 Å². The number of halogens is 2. The molecule has 1 fully saturated rings. The molecule has 4 N–H and O–H groups in total. The summed E-state index contributed by atoms with van der Waals surface area (Å²) in [5, 5.41) is 11.8. The normalized spacial score (nSPS) is 17.0. The first-order valence-corrected chi connectivity index (χ1v) is 11.8. The van der Waals surface area contributed by atoms with Gasteiger partial charge in [0.15, 0.2) is 5.13 Å². The van der Waals surface area contributed by atoms with Gasteiger partial charge in [0, 0.05) is 30.7 Å². The molecule has 1 aromatic heterocycles. The number of unbranched alkanes of at least 4 members (excludes halogenated alkanes) is 1. The maximum Gasteiger partial charge on any atom is 0.266 e. The van der Waals surface area contributed by atoms with Gasteiger partial charge < -0.3 is 16.0 Å². The molecule has 11 heteroatoms. The number of benzene rings is 1. The van der Waals surface area contributed by atoms with Gasteiger partial charge >= 0.3 is 0 Å². The topological polar surface area (TPSA) is 95.2 Å². The van der Waals surface area contributed by atoms with E-state index >= 15 is 0 Å². The second kappa shape index (κ2) is 9.84. The van der Waals surface area contributed by atoms with Crippen molar-refractivity contribution in [2.24, 2.45) is 0 Å². The zero-order valence-corrected chi connectivity index (χ0v) is 17.6. The Morgan fingerprint density at radius 2 is 2.14 bits per heavy atom. The highest BCUT2D eigenvalue weighted by molar-refractivity contribution is 7.93. The largest absolute Gasteiger partial charge is 0.384 e. The van der Waals surface area contributed by atoms with Crippen molar-refractivity contribution in [1.29, 1.82) is 0 Å². The van der Waals surface area contributed by atoms with Crippen molar-refractivity contribution in [3.05, 3.63) is 34.5 Å². The highest BCUT2D eigenvalue weighted by Gasteiger charge is 2.22. The van der Waals surface area contributed by atoms with Gasteiger partial charge in [-0.25, -0.2) is 17.8 Å². The van der Waals surface area contributed by atoms with Crippen LogP contribution in [0.15, 0.2) is 28.6 Å². The third-order valence-corrected chi connectivity index (χ3v) is 6.86. The standard InChI is InChI=1S/C17H23ClFN5O2S2/c18-13-9-16(28(25,26)24-17-23-7-8-27-17)14(19)10-15(13)22-5-2-1-4-21-12-3-6-20-11-12/h7-10,12,20-22H,1-6,11H2,(H,23,24). The lowest BCUT2D eigenvalue weighted by Gasteiger charge is -2.13. The average Bonchev–Trinajstić information content (AvgIpc) is 3.34. The van der Waals surface area contributed by atoms with E-state index in [1.54, 1.807) is 5.38 Å². The minimum atomic E-state index is -4.10. The van der Waals surface area contributed by atoms with Gasteiger partial charge in [0.1, 0.15) is 10.7 Å². The number of hydrogen-bond acceptors (Lipinski definition) is 7. The average molecular weight is 448 g/mol. The van der Waals surface area contributed by atoms with Gasteiger partial charge in [-0.2, -0.15) is 0 Å². The van der Waals surface area contributed by atoms with E-state index in [2.05, 4.69) is 25.7 Å². The zero-order valence-electron chi connectivity index (χ0n) is 15.2. The molecule has 154 valence electrons. The zero-order chi connectivity index (χ0) is 20.0. The predicted octanol–water partition coefficient (Wildman–Crippen LogP) is 2.88. The number of nitrogens with zero attached hydrogens (tertiary/aromatic N) is 1. The molecule has 0 bridgehead atoms. The van der Waals surface area contributed by atoms with Crippen molar-refractivity contribution < 1.29 is 12.8 Å². The van der Waals surface area contributed by atoms with Gasteiger partial charge in [-0.05, 0) is 44.5 Å². The molecule has 2 aromatic rings. The predicted molar refractivity (Wildman–Crippen MR) is 111 cm³/mol. The summed E-state index contributed by atoms with van der Waals surface area (Å²) >= 11 is 7.27. The maximum absolute atomic E-state index is 14.4. The Morgan fingerprint density at radius 1 is 1.32 bits per heavy atom. The van der Waals surface area contributed by atoms with Crippen LogP contribution in [0.2, 0.25) is 5.02 Å². The molecule has 28 heavy (non-hydrogen) atoms. The van der Waals surface area contributed by atoms with Crippen LogP contribution in [0, 0.1) is 5.82 Å². The summed E-state index contributed by atoms with van der Waals surface area (Å²) in [6, 6.07) is 2.77. The molecular weight excluding hydrogens is 425 g/mol. The van der Waals surface area contributed by atoms with Gasteiger partial charge in [0.25, 0.3) is 10.0 Å². The summed E-state index contributed by atoms with van der Waals surface area (Å²) in [4.78, 5) is 3.33. The van der Waals surface area contributed by atoms with Crippen LogP contribution < -0.4 is 20.7 Å². The van der Waals surface area contributed by atoms with E-state index in [1.807, 2.05) is 0 Å². The molecule has 1 unspecified atom stereocenters. The second-order valence-corrected chi connectivity index (χ2v) is 9.44. The number of nitrogens with one attached hydrogen (secondary N) is 4. The van der Waals surface area contributed by atoms with E-state index in [1.165, 1.54) is 6.20 Å². The summed E-state index contributed by atoms with van der Waals surface area (Å²) in [6.07, 6.45) is 4.48. The Balaban J connectivity index is 1.51. The minimum absolute atomic E-state index is 0.149. The summed E-state index contributed by atoms with van der Waals surface area (Å²) < 4.78 is 41.3. The van der Waals surface area contributed by atoms with E-state index in [-0.39, 0.29) is 10.2 Å². The summed E-state index contributed by atoms with van der Waals surface area (Å²) in [5.74, 6) is -0.869. The Morgan fingerprint density at radius 3 is 2.86 bits per heavy atom. The van der Waals surface area contributed by atoms with Gasteiger partial charge in [0.2, 0.25) is 0 Å². The number of rotatable bonds is 10. The lowest BCUT2D eigenvalue weighted by Crippen LogP contribution is -2.31. The number of aromatic nitrogens is 1. The maximum atomic E-state index is 14.4. The lowest BCUT2D eigenvalue weighted by atomic mass is 10.2. The first-order valence-electron chi connectivity index (χ1n) is 9.05. The lowest BCUT2D eigenvalue weighted by molar-refractivity contribution is 0.530. The Hall–Kier alpha value is -1.46. The van der Waals surface area contributed by atoms with Crippen LogP contribution in [0.25, 0.3) is 0 Å². The molecule has 3 rings (SSSR count). The number of anilines is 2. The molecule has 0 saturated carbocycles. The van der Waals surface area contributed by atoms with E-state index in [9.17, 15) is 12.8 Å². The number of hydrogen-bond donors (Lipinski definition) is 4. The Bertz CT molecular complexity index is 874. The van der Waals surface area contributed by atoms with Crippen LogP contribution in [0.5, 0.6) is 0 Å². The summed E-state index contributed by atoms with van der Waals surface area (Å²) in [7, 11) is -4.10. The fraction of sp³-hybridized carbons (Fsp3) is 0.471. The van der Waals surface area contributed by atoms with Crippen molar-refractivity contribution >= 4 is 43.8 Å². The Labute approximate surface area is 173 Å². The van der Waals surface area contributed by atoms with Crippen molar-refractivity contribution in [3.63, 3.8) is 0 Å². The molecule has 1 aromatic carbocycles. The fourth-order valence-electron chi connectivity index (χ4n) is 2.92. The molecular formula is C17H23ClFN5O2S2. The van der Waals surface area contributed by atoms with Crippen LogP contribution in [0.1, 0.15) is 19.3 Å². The third kappa shape index (κ3) is 5.77. The van der Waals surface area contributed by atoms with Crippen molar-refractivity contribution in [2.45, 2.75) is 30.2 Å². The van der Waals surface area contributed by atoms with E-state index < -0.39 is 20.7 Å². The summed E-state index contributed by atoms with van der Waals surface area (Å²) in [5.41, 5.74) is 0.375. The minimum Gasteiger partial charge on any atom is -0.384 e. The van der Waals surface area contributed by atoms with Crippen molar-refractivity contribution in [1.82, 2.24) is 15.6 Å². The molecule has 7 nitrogen and oxygen atoms in total. The van der Waals surface area contributed by atoms with Gasteiger partial charge in [-0.15, -0.1) is 11.3 Å².